The second-order valence-electron chi connectivity index (χ2n) is 6.45. The molecule has 1 heterocycles. The van der Waals surface area contributed by atoms with Crippen LogP contribution in [0.2, 0.25) is 0 Å². The monoisotopic (exact) mass is 353 g/mol. The third-order valence-electron chi connectivity index (χ3n) is 4.89. The number of ether oxygens (including phenoxy) is 2. The lowest BCUT2D eigenvalue weighted by Crippen LogP contribution is -2.29. The lowest BCUT2D eigenvalue weighted by Gasteiger charge is -2.19. The molecule has 0 radical (unpaired) electrons. The molecule has 0 aromatic heterocycles. The quantitative estimate of drug-likeness (QED) is 0.772. The molecule has 5 heteroatoms. The predicted octanol–water partition coefficient (Wildman–Crippen LogP) is 3.54. The van der Waals surface area contributed by atoms with Crippen molar-refractivity contribution >= 4 is 11.7 Å². The number of rotatable bonds is 5. The Bertz CT molecular complexity index is 831. The van der Waals surface area contributed by atoms with Crippen molar-refractivity contribution in [2.24, 2.45) is 0 Å². The van der Waals surface area contributed by atoms with Crippen LogP contribution in [-0.4, -0.2) is 43.9 Å². The fourth-order valence-corrected chi connectivity index (χ4v) is 3.50. The highest BCUT2D eigenvalue weighted by atomic mass is 16.5. The van der Waals surface area contributed by atoms with E-state index in [0.29, 0.717) is 24.2 Å². The first-order valence-electron chi connectivity index (χ1n) is 8.66. The maximum absolute atomic E-state index is 12.9. The van der Waals surface area contributed by atoms with Gasteiger partial charge in [0.2, 0.25) is 0 Å². The number of methoxy groups -OCH3 is 2. The summed E-state index contributed by atoms with van der Waals surface area (Å²) >= 11 is 0. The number of carbonyl (C=O) groups excluding carboxylic acids is 2. The number of Topliss-reactive ketones (excluding diaryl/α,β-unsaturated/α-hetero) is 1. The molecule has 1 aliphatic heterocycles. The standard InChI is InChI=1S/C21H23NO4/c1-14(23)17-6-4-5-7-18(17)21(24)22-11-10-15(13-22)19-12-16(25-2)8-9-20(19)26-3/h4-9,12,15H,10-11,13H2,1-3H3. The summed E-state index contributed by atoms with van der Waals surface area (Å²) in [6.45, 7) is 2.73. The second-order valence-corrected chi connectivity index (χ2v) is 6.45. The molecule has 2 aromatic carbocycles. The van der Waals surface area contributed by atoms with E-state index in [-0.39, 0.29) is 17.6 Å². The number of hydrogen-bond acceptors (Lipinski definition) is 4. The first-order chi connectivity index (χ1) is 12.5. The summed E-state index contributed by atoms with van der Waals surface area (Å²) in [6, 6.07) is 12.7. The van der Waals surface area contributed by atoms with E-state index in [9.17, 15) is 9.59 Å². The molecule has 5 nitrogen and oxygen atoms in total. The van der Waals surface area contributed by atoms with Crippen LogP contribution in [0.25, 0.3) is 0 Å². The predicted molar refractivity (Wildman–Crippen MR) is 99.3 cm³/mol. The third kappa shape index (κ3) is 3.43. The van der Waals surface area contributed by atoms with Crippen LogP contribution in [0.5, 0.6) is 11.5 Å². The Morgan fingerprint density at radius 1 is 1.04 bits per heavy atom. The summed E-state index contributed by atoms with van der Waals surface area (Å²) in [6.07, 6.45) is 0.845. The normalized spacial score (nSPS) is 16.4. The minimum absolute atomic E-state index is 0.0971. The number of ketones is 1. The molecule has 1 aliphatic rings. The molecule has 26 heavy (non-hydrogen) atoms. The second kappa shape index (κ2) is 7.60. The summed E-state index contributed by atoms with van der Waals surface area (Å²) in [5, 5.41) is 0. The van der Waals surface area contributed by atoms with Crippen molar-refractivity contribution in [2.75, 3.05) is 27.3 Å². The van der Waals surface area contributed by atoms with Crippen LogP contribution in [0.4, 0.5) is 0 Å². The summed E-state index contributed by atoms with van der Waals surface area (Å²) in [5.41, 5.74) is 1.99. The van der Waals surface area contributed by atoms with Gasteiger partial charge in [0.05, 0.1) is 19.8 Å². The van der Waals surface area contributed by atoms with Crippen LogP contribution >= 0.6 is 0 Å². The zero-order chi connectivity index (χ0) is 18.7. The molecule has 1 fully saturated rings. The Hall–Kier alpha value is -2.82. The first kappa shape index (κ1) is 18.0. The fourth-order valence-electron chi connectivity index (χ4n) is 3.50. The van der Waals surface area contributed by atoms with Gasteiger partial charge in [-0.3, -0.25) is 9.59 Å². The molecule has 1 unspecified atom stereocenters. The van der Waals surface area contributed by atoms with Crippen LogP contribution in [0.3, 0.4) is 0 Å². The molecule has 1 amide bonds. The van der Waals surface area contributed by atoms with Crippen molar-refractivity contribution < 1.29 is 19.1 Å². The first-order valence-corrected chi connectivity index (χ1v) is 8.66. The van der Waals surface area contributed by atoms with Crippen LogP contribution in [0.1, 0.15) is 45.5 Å². The number of hydrogen-bond donors (Lipinski definition) is 0. The van der Waals surface area contributed by atoms with Crippen molar-refractivity contribution in [3.05, 3.63) is 59.2 Å². The lowest BCUT2D eigenvalue weighted by atomic mass is 9.97. The van der Waals surface area contributed by atoms with Crippen molar-refractivity contribution in [1.82, 2.24) is 4.90 Å². The van der Waals surface area contributed by atoms with E-state index in [1.807, 2.05) is 23.1 Å². The topological polar surface area (TPSA) is 55.8 Å². The fraction of sp³-hybridized carbons (Fsp3) is 0.333. The molecular formula is C21H23NO4. The van der Waals surface area contributed by atoms with Crippen LogP contribution in [0, 0.1) is 0 Å². The maximum atomic E-state index is 12.9. The molecule has 0 spiro atoms. The van der Waals surface area contributed by atoms with E-state index in [4.69, 9.17) is 9.47 Å². The van der Waals surface area contributed by atoms with Gasteiger partial charge in [-0.25, -0.2) is 0 Å². The summed E-state index contributed by atoms with van der Waals surface area (Å²) in [4.78, 5) is 26.6. The summed E-state index contributed by atoms with van der Waals surface area (Å²) in [7, 11) is 3.28. The lowest BCUT2D eigenvalue weighted by molar-refractivity contribution is 0.0785. The van der Waals surface area contributed by atoms with E-state index in [0.717, 1.165) is 23.5 Å². The zero-order valence-corrected chi connectivity index (χ0v) is 15.3. The van der Waals surface area contributed by atoms with Gasteiger partial charge < -0.3 is 14.4 Å². The van der Waals surface area contributed by atoms with Crippen LogP contribution in [0.15, 0.2) is 42.5 Å². The van der Waals surface area contributed by atoms with Gasteiger partial charge in [-0.2, -0.15) is 0 Å². The third-order valence-corrected chi connectivity index (χ3v) is 4.89. The zero-order valence-electron chi connectivity index (χ0n) is 15.3. The van der Waals surface area contributed by atoms with E-state index < -0.39 is 0 Å². The van der Waals surface area contributed by atoms with Crippen molar-refractivity contribution in [1.29, 1.82) is 0 Å². The molecule has 1 saturated heterocycles. The Labute approximate surface area is 153 Å². The van der Waals surface area contributed by atoms with Crippen LogP contribution < -0.4 is 9.47 Å². The Balaban J connectivity index is 1.83. The number of carbonyl (C=O) groups is 2. The smallest absolute Gasteiger partial charge is 0.254 e. The molecule has 3 rings (SSSR count). The minimum atomic E-state index is -0.0980. The Kier molecular flexibility index (Phi) is 5.26. The SMILES string of the molecule is COc1ccc(OC)c(C2CCN(C(=O)c3ccccc3C(C)=O)C2)c1. The van der Waals surface area contributed by atoms with Crippen molar-refractivity contribution in [2.45, 2.75) is 19.3 Å². The maximum Gasteiger partial charge on any atom is 0.254 e. The number of amides is 1. The molecule has 0 bridgehead atoms. The highest BCUT2D eigenvalue weighted by Crippen LogP contribution is 2.36. The van der Waals surface area contributed by atoms with Gasteiger partial charge in [-0.15, -0.1) is 0 Å². The summed E-state index contributed by atoms with van der Waals surface area (Å²) < 4.78 is 10.8. The minimum Gasteiger partial charge on any atom is -0.497 e. The van der Waals surface area contributed by atoms with Gasteiger partial charge in [0.25, 0.3) is 5.91 Å². The molecule has 0 N–H and O–H groups in total. The Morgan fingerprint density at radius 2 is 1.77 bits per heavy atom. The Morgan fingerprint density at radius 3 is 2.42 bits per heavy atom. The molecular weight excluding hydrogens is 330 g/mol. The van der Waals surface area contributed by atoms with Gasteiger partial charge >= 0.3 is 0 Å². The molecule has 1 atom stereocenters. The number of likely N-dealkylation sites (tertiary alicyclic amines) is 1. The molecule has 2 aromatic rings. The number of benzene rings is 2. The van der Waals surface area contributed by atoms with Crippen LogP contribution in [-0.2, 0) is 0 Å². The van der Waals surface area contributed by atoms with E-state index >= 15 is 0 Å². The number of nitrogens with zero attached hydrogens (tertiary/aromatic N) is 1. The van der Waals surface area contributed by atoms with Gasteiger partial charge in [0, 0.05) is 30.1 Å². The van der Waals surface area contributed by atoms with Gasteiger partial charge in [-0.05, 0) is 37.6 Å². The molecule has 0 aliphatic carbocycles. The van der Waals surface area contributed by atoms with Crippen molar-refractivity contribution in [3.63, 3.8) is 0 Å². The van der Waals surface area contributed by atoms with E-state index in [1.165, 1.54) is 6.92 Å². The van der Waals surface area contributed by atoms with E-state index in [1.54, 1.807) is 38.5 Å². The average Bonchev–Trinajstić information content (AvgIpc) is 3.16. The highest BCUT2D eigenvalue weighted by Gasteiger charge is 2.31. The largest absolute Gasteiger partial charge is 0.497 e. The van der Waals surface area contributed by atoms with Gasteiger partial charge in [-0.1, -0.05) is 18.2 Å². The van der Waals surface area contributed by atoms with Gasteiger partial charge in [0.1, 0.15) is 11.5 Å². The van der Waals surface area contributed by atoms with E-state index in [2.05, 4.69) is 0 Å². The highest BCUT2D eigenvalue weighted by molar-refractivity contribution is 6.07. The van der Waals surface area contributed by atoms with Crippen molar-refractivity contribution in [3.8, 4) is 11.5 Å². The van der Waals surface area contributed by atoms with Gasteiger partial charge in [0.15, 0.2) is 5.78 Å². The summed E-state index contributed by atoms with van der Waals surface area (Å²) in [5.74, 6) is 1.55. The average molecular weight is 353 g/mol. The molecule has 0 saturated carbocycles. The molecule has 136 valence electrons.